The normalized spacial score (nSPS) is 22.9. The quantitative estimate of drug-likeness (QED) is 0.383. The van der Waals surface area contributed by atoms with E-state index in [1.54, 1.807) is 30.3 Å². The van der Waals surface area contributed by atoms with Crippen LogP contribution in [0, 0.1) is 11.3 Å². The largest absolute Gasteiger partial charge is 0.506 e. The van der Waals surface area contributed by atoms with Gasteiger partial charge in [-0.2, -0.15) is 5.26 Å². The number of nitrogens with zero attached hydrogens (tertiary/aromatic N) is 3. The zero-order valence-electron chi connectivity index (χ0n) is 19.3. The number of carbonyl (C=O) groups excluding carboxylic acids is 1. The Morgan fingerprint density at radius 1 is 1.11 bits per heavy atom. The third-order valence-electron chi connectivity index (χ3n) is 7.43. The van der Waals surface area contributed by atoms with Crippen molar-refractivity contribution in [2.24, 2.45) is 0 Å². The van der Waals surface area contributed by atoms with E-state index in [0.29, 0.717) is 45.5 Å². The molecule has 36 heavy (non-hydrogen) atoms. The van der Waals surface area contributed by atoms with Crippen LogP contribution in [0.25, 0.3) is 11.3 Å². The van der Waals surface area contributed by atoms with E-state index in [9.17, 15) is 9.90 Å². The van der Waals surface area contributed by atoms with Crippen LogP contribution in [0.3, 0.4) is 0 Å². The number of hydrogen-bond donors (Lipinski definition) is 1. The molecular formula is C27H23Cl2N3O4. The van der Waals surface area contributed by atoms with E-state index in [1.165, 1.54) is 0 Å². The van der Waals surface area contributed by atoms with Gasteiger partial charge in [0, 0.05) is 48.2 Å². The summed E-state index contributed by atoms with van der Waals surface area (Å²) in [6.45, 7) is 0. The molecular weight excluding hydrogens is 501 g/mol. The fourth-order valence-corrected chi connectivity index (χ4v) is 6.23. The second kappa shape index (κ2) is 9.02. The molecule has 2 unspecified atom stereocenters. The summed E-state index contributed by atoms with van der Waals surface area (Å²) < 4.78 is 11.7. The molecule has 1 N–H and O–H groups in total. The summed E-state index contributed by atoms with van der Waals surface area (Å²) in [5.41, 5.74) is 2.25. The van der Waals surface area contributed by atoms with E-state index in [-0.39, 0.29) is 35.4 Å². The van der Waals surface area contributed by atoms with Gasteiger partial charge in [-0.25, -0.2) is 4.79 Å². The molecule has 1 aromatic heterocycles. The lowest BCUT2D eigenvalue weighted by molar-refractivity contribution is 0.0202. The lowest BCUT2D eigenvalue weighted by Crippen LogP contribution is -2.46. The van der Waals surface area contributed by atoms with Crippen molar-refractivity contribution in [2.45, 2.75) is 62.6 Å². The number of esters is 1. The zero-order chi connectivity index (χ0) is 25.0. The topological polar surface area (TPSA) is 99.6 Å². The smallest absolute Gasteiger partial charge is 0.344 e. The fraction of sp³-hybridized carbons (Fsp3) is 0.370. The molecule has 3 fully saturated rings. The van der Waals surface area contributed by atoms with Gasteiger partial charge in [0.2, 0.25) is 0 Å². The van der Waals surface area contributed by atoms with Crippen molar-refractivity contribution >= 4 is 34.9 Å². The number of fused-ring (bicyclic) bond motifs is 2. The minimum Gasteiger partial charge on any atom is -0.506 e. The van der Waals surface area contributed by atoms with Gasteiger partial charge < -0.3 is 19.3 Å². The van der Waals surface area contributed by atoms with Gasteiger partial charge in [-0.1, -0.05) is 34.4 Å². The Labute approximate surface area is 218 Å². The average molecular weight is 524 g/mol. The van der Waals surface area contributed by atoms with Crippen molar-refractivity contribution in [1.82, 2.24) is 5.16 Å². The highest BCUT2D eigenvalue weighted by atomic mass is 35.5. The third kappa shape index (κ3) is 3.99. The Bertz CT molecular complexity index is 1360. The maximum absolute atomic E-state index is 13.6. The number of ether oxygens (including phenoxy) is 1. The first-order valence-corrected chi connectivity index (χ1v) is 12.9. The predicted molar refractivity (Wildman–Crippen MR) is 134 cm³/mol. The lowest BCUT2D eigenvalue weighted by atomic mass is 9.98. The van der Waals surface area contributed by atoms with Gasteiger partial charge in [-0.3, -0.25) is 0 Å². The van der Waals surface area contributed by atoms with E-state index in [2.05, 4.69) is 10.1 Å². The van der Waals surface area contributed by atoms with Crippen LogP contribution in [-0.4, -0.2) is 34.4 Å². The average Bonchev–Trinajstić information content (AvgIpc) is 3.55. The maximum Gasteiger partial charge on any atom is 0.344 e. The summed E-state index contributed by atoms with van der Waals surface area (Å²) in [6, 6.07) is 12.7. The SMILES string of the molecule is N#Cc1ccc(N2C3CCC2CC(OC(=O)c2c(-c4c(Cl)cccc4Cl)noc2C2CC2)C3)cc1O. The number of carbonyl (C=O) groups is 1. The monoisotopic (exact) mass is 523 g/mol. The number of anilines is 1. The van der Waals surface area contributed by atoms with Crippen LogP contribution in [0.4, 0.5) is 5.69 Å². The molecule has 0 radical (unpaired) electrons. The van der Waals surface area contributed by atoms with Crippen LogP contribution in [0.5, 0.6) is 5.75 Å². The molecule has 2 aromatic carbocycles. The second-order valence-electron chi connectivity index (χ2n) is 9.75. The molecule has 2 bridgehead atoms. The van der Waals surface area contributed by atoms with E-state index < -0.39 is 5.97 Å². The number of benzene rings is 2. The molecule has 2 saturated heterocycles. The highest BCUT2D eigenvalue weighted by Gasteiger charge is 2.44. The zero-order valence-corrected chi connectivity index (χ0v) is 20.8. The first-order valence-electron chi connectivity index (χ1n) is 12.1. The number of halogens is 2. The number of phenolic OH excluding ortho intramolecular Hbond substituents is 1. The van der Waals surface area contributed by atoms with Gasteiger partial charge in [0.1, 0.15) is 29.2 Å². The molecule has 184 valence electrons. The Balaban J connectivity index is 1.25. The molecule has 0 amide bonds. The van der Waals surface area contributed by atoms with E-state index in [1.807, 2.05) is 12.1 Å². The summed E-state index contributed by atoms with van der Waals surface area (Å²) in [4.78, 5) is 15.8. The van der Waals surface area contributed by atoms with Crippen LogP contribution >= 0.6 is 23.2 Å². The Morgan fingerprint density at radius 2 is 1.81 bits per heavy atom. The van der Waals surface area contributed by atoms with Crippen LogP contribution < -0.4 is 4.90 Å². The van der Waals surface area contributed by atoms with Gasteiger partial charge >= 0.3 is 5.97 Å². The number of aromatic nitrogens is 1. The molecule has 3 aromatic rings. The molecule has 6 rings (SSSR count). The third-order valence-corrected chi connectivity index (χ3v) is 8.06. The molecule has 1 saturated carbocycles. The van der Waals surface area contributed by atoms with Gasteiger partial charge in [-0.05, 0) is 49.9 Å². The van der Waals surface area contributed by atoms with Crippen molar-refractivity contribution in [2.75, 3.05) is 4.90 Å². The molecule has 3 aliphatic rings. The van der Waals surface area contributed by atoms with Crippen LogP contribution in [0.1, 0.15) is 66.1 Å². The molecule has 3 heterocycles. The summed E-state index contributed by atoms with van der Waals surface area (Å²) in [5, 5.41) is 24.3. The summed E-state index contributed by atoms with van der Waals surface area (Å²) in [6.07, 6.45) is 4.91. The number of hydrogen-bond acceptors (Lipinski definition) is 7. The standard InChI is InChI=1S/C27H23Cl2N3O4/c28-20-2-1-3-21(29)23(20)25-24(26(36-31-25)14-4-5-14)27(34)35-19-10-16-8-9-17(11-19)32(16)18-7-6-15(13-30)22(33)12-18/h1-3,6-7,12,14,16-17,19,33H,4-5,8-11H2. The fourth-order valence-electron chi connectivity index (χ4n) is 5.65. The Hall–Kier alpha value is -3.21. The van der Waals surface area contributed by atoms with Gasteiger partial charge in [0.15, 0.2) is 5.76 Å². The minimum atomic E-state index is -0.460. The van der Waals surface area contributed by atoms with Crippen LogP contribution in [0.2, 0.25) is 10.0 Å². The van der Waals surface area contributed by atoms with E-state index >= 15 is 0 Å². The highest BCUT2D eigenvalue weighted by Crippen LogP contribution is 2.47. The second-order valence-corrected chi connectivity index (χ2v) is 10.6. The van der Waals surface area contributed by atoms with Gasteiger partial charge in [0.05, 0.1) is 15.6 Å². The summed E-state index contributed by atoms with van der Waals surface area (Å²) in [7, 11) is 0. The molecule has 2 atom stereocenters. The van der Waals surface area contributed by atoms with Crippen LogP contribution in [0.15, 0.2) is 40.9 Å². The van der Waals surface area contributed by atoms with Crippen molar-refractivity contribution < 1.29 is 19.2 Å². The molecule has 7 nitrogen and oxygen atoms in total. The molecule has 9 heteroatoms. The van der Waals surface area contributed by atoms with E-state index in [0.717, 1.165) is 31.4 Å². The number of nitriles is 1. The Morgan fingerprint density at radius 3 is 2.42 bits per heavy atom. The Kier molecular flexibility index (Phi) is 5.82. The predicted octanol–water partition coefficient (Wildman–Crippen LogP) is 6.46. The number of piperidine rings is 1. The van der Waals surface area contributed by atoms with Crippen molar-refractivity contribution in [3.05, 3.63) is 63.3 Å². The van der Waals surface area contributed by atoms with Crippen LogP contribution in [-0.2, 0) is 4.74 Å². The minimum absolute atomic E-state index is 0.0197. The highest BCUT2D eigenvalue weighted by molar-refractivity contribution is 6.39. The molecule has 1 aliphatic carbocycles. The number of phenols is 1. The van der Waals surface area contributed by atoms with Crippen molar-refractivity contribution in [1.29, 1.82) is 5.26 Å². The molecule has 0 spiro atoms. The van der Waals surface area contributed by atoms with Crippen molar-refractivity contribution in [3.8, 4) is 23.1 Å². The van der Waals surface area contributed by atoms with Crippen molar-refractivity contribution in [3.63, 3.8) is 0 Å². The summed E-state index contributed by atoms with van der Waals surface area (Å²) in [5.74, 6) is 0.211. The van der Waals surface area contributed by atoms with Gasteiger partial charge in [-0.15, -0.1) is 0 Å². The number of aromatic hydroxyl groups is 1. The maximum atomic E-state index is 13.6. The number of rotatable bonds is 5. The summed E-state index contributed by atoms with van der Waals surface area (Å²) >= 11 is 12.9. The van der Waals surface area contributed by atoms with Gasteiger partial charge in [0.25, 0.3) is 0 Å². The first kappa shape index (κ1) is 23.2. The lowest BCUT2D eigenvalue weighted by Gasteiger charge is -2.40. The molecule has 2 aliphatic heterocycles. The first-order chi connectivity index (χ1) is 17.4. The van der Waals surface area contributed by atoms with E-state index in [4.69, 9.17) is 37.7 Å².